The summed E-state index contributed by atoms with van der Waals surface area (Å²) in [5, 5.41) is 2.95. The SMILES string of the molecule is CCN(CC)c1cncc(C(=O)NCCc2ccc(OC)c(OC)c2)c1. The van der Waals surface area contributed by atoms with Gasteiger partial charge in [0.05, 0.1) is 31.7 Å². The van der Waals surface area contributed by atoms with Gasteiger partial charge in [0, 0.05) is 25.8 Å². The van der Waals surface area contributed by atoms with Crippen LogP contribution in [0.3, 0.4) is 0 Å². The molecule has 0 radical (unpaired) electrons. The highest BCUT2D eigenvalue weighted by molar-refractivity contribution is 5.94. The Kier molecular flexibility index (Phi) is 7.26. The lowest BCUT2D eigenvalue weighted by atomic mass is 10.1. The van der Waals surface area contributed by atoms with E-state index in [0.717, 1.165) is 24.3 Å². The second-order valence-corrected chi connectivity index (χ2v) is 5.80. The summed E-state index contributed by atoms with van der Waals surface area (Å²) >= 11 is 0. The number of carbonyl (C=O) groups excluding carboxylic acids is 1. The molecule has 140 valence electrons. The van der Waals surface area contributed by atoms with E-state index in [1.54, 1.807) is 26.6 Å². The number of aromatic nitrogens is 1. The monoisotopic (exact) mass is 357 g/mol. The maximum atomic E-state index is 12.4. The first kappa shape index (κ1) is 19.6. The minimum Gasteiger partial charge on any atom is -0.493 e. The van der Waals surface area contributed by atoms with Gasteiger partial charge in [0.2, 0.25) is 0 Å². The zero-order valence-corrected chi connectivity index (χ0v) is 15.9. The molecule has 0 bridgehead atoms. The van der Waals surface area contributed by atoms with Crippen LogP contribution in [0, 0.1) is 0 Å². The van der Waals surface area contributed by atoms with Crippen LogP contribution in [0.25, 0.3) is 0 Å². The van der Waals surface area contributed by atoms with Gasteiger partial charge in [0.25, 0.3) is 5.91 Å². The van der Waals surface area contributed by atoms with E-state index >= 15 is 0 Å². The van der Waals surface area contributed by atoms with Crippen molar-refractivity contribution in [1.82, 2.24) is 10.3 Å². The van der Waals surface area contributed by atoms with E-state index in [-0.39, 0.29) is 5.91 Å². The van der Waals surface area contributed by atoms with E-state index in [1.165, 1.54) is 0 Å². The van der Waals surface area contributed by atoms with Gasteiger partial charge in [-0.2, -0.15) is 0 Å². The van der Waals surface area contributed by atoms with Crippen molar-refractivity contribution < 1.29 is 14.3 Å². The van der Waals surface area contributed by atoms with Crippen molar-refractivity contribution in [3.63, 3.8) is 0 Å². The van der Waals surface area contributed by atoms with E-state index in [4.69, 9.17) is 9.47 Å². The first-order valence-electron chi connectivity index (χ1n) is 8.82. The molecule has 0 fully saturated rings. The Bertz CT molecular complexity index is 730. The Morgan fingerprint density at radius 2 is 1.81 bits per heavy atom. The number of nitrogens with zero attached hydrogens (tertiary/aromatic N) is 2. The topological polar surface area (TPSA) is 63.7 Å². The Morgan fingerprint density at radius 3 is 2.46 bits per heavy atom. The molecule has 0 saturated carbocycles. The lowest BCUT2D eigenvalue weighted by Gasteiger charge is -2.20. The molecule has 6 heteroatoms. The minimum atomic E-state index is -0.119. The molecule has 0 aliphatic carbocycles. The Balaban J connectivity index is 1.96. The van der Waals surface area contributed by atoms with Gasteiger partial charge in [-0.05, 0) is 44.0 Å². The highest BCUT2D eigenvalue weighted by Gasteiger charge is 2.10. The van der Waals surface area contributed by atoms with Gasteiger partial charge in [-0.15, -0.1) is 0 Å². The molecule has 0 atom stereocenters. The molecule has 26 heavy (non-hydrogen) atoms. The van der Waals surface area contributed by atoms with Gasteiger partial charge in [-0.25, -0.2) is 0 Å². The fourth-order valence-corrected chi connectivity index (χ4v) is 2.77. The van der Waals surface area contributed by atoms with E-state index in [0.29, 0.717) is 30.0 Å². The molecule has 1 aromatic carbocycles. The lowest BCUT2D eigenvalue weighted by Crippen LogP contribution is -2.27. The first-order valence-corrected chi connectivity index (χ1v) is 8.82. The van der Waals surface area contributed by atoms with Crippen LogP contribution in [0.15, 0.2) is 36.7 Å². The molecule has 1 amide bonds. The summed E-state index contributed by atoms with van der Waals surface area (Å²) in [6.45, 7) is 6.45. The molecule has 1 heterocycles. The van der Waals surface area contributed by atoms with Crippen molar-refractivity contribution >= 4 is 11.6 Å². The van der Waals surface area contributed by atoms with E-state index in [2.05, 4.69) is 29.0 Å². The second kappa shape index (κ2) is 9.65. The van der Waals surface area contributed by atoms with Crippen molar-refractivity contribution in [2.75, 3.05) is 38.8 Å². The van der Waals surface area contributed by atoms with Crippen LogP contribution in [0.1, 0.15) is 29.8 Å². The van der Waals surface area contributed by atoms with E-state index in [1.807, 2.05) is 24.3 Å². The quantitative estimate of drug-likeness (QED) is 0.748. The van der Waals surface area contributed by atoms with Gasteiger partial charge < -0.3 is 19.7 Å². The maximum Gasteiger partial charge on any atom is 0.252 e. The van der Waals surface area contributed by atoms with Crippen LogP contribution in [-0.2, 0) is 6.42 Å². The second-order valence-electron chi connectivity index (χ2n) is 5.80. The number of nitrogens with one attached hydrogen (secondary N) is 1. The molecular formula is C20H27N3O3. The average Bonchev–Trinajstić information content (AvgIpc) is 2.69. The zero-order chi connectivity index (χ0) is 18.9. The molecule has 0 aliphatic rings. The van der Waals surface area contributed by atoms with Crippen LogP contribution in [0.2, 0.25) is 0 Å². The van der Waals surface area contributed by atoms with Gasteiger partial charge in [0.15, 0.2) is 11.5 Å². The van der Waals surface area contributed by atoms with E-state index in [9.17, 15) is 4.79 Å². The third-order valence-corrected chi connectivity index (χ3v) is 4.26. The highest BCUT2D eigenvalue weighted by atomic mass is 16.5. The number of methoxy groups -OCH3 is 2. The summed E-state index contributed by atoms with van der Waals surface area (Å²) < 4.78 is 10.5. The van der Waals surface area contributed by atoms with Crippen LogP contribution < -0.4 is 19.7 Å². The molecule has 1 N–H and O–H groups in total. The molecule has 0 aliphatic heterocycles. The molecular weight excluding hydrogens is 330 g/mol. The lowest BCUT2D eigenvalue weighted by molar-refractivity contribution is 0.0954. The maximum absolute atomic E-state index is 12.4. The molecule has 2 aromatic rings. The third kappa shape index (κ3) is 4.88. The van der Waals surface area contributed by atoms with Gasteiger partial charge in [-0.3, -0.25) is 9.78 Å². The summed E-state index contributed by atoms with van der Waals surface area (Å²) in [6, 6.07) is 7.64. The van der Waals surface area contributed by atoms with Gasteiger partial charge in [0.1, 0.15) is 0 Å². The van der Waals surface area contributed by atoms with Crippen molar-refractivity contribution in [3.8, 4) is 11.5 Å². The number of rotatable bonds is 9. The minimum absolute atomic E-state index is 0.119. The number of hydrogen-bond acceptors (Lipinski definition) is 5. The number of anilines is 1. The van der Waals surface area contributed by atoms with Crippen LogP contribution >= 0.6 is 0 Å². The Morgan fingerprint density at radius 1 is 1.08 bits per heavy atom. The number of ether oxygens (including phenoxy) is 2. The first-order chi connectivity index (χ1) is 12.6. The number of carbonyl (C=O) groups is 1. The van der Waals surface area contributed by atoms with Crippen LogP contribution in [-0.4, -0.2) is 44.7 Å². The largest absolute Gasteiger partial charge is 0.493 e. The Labute approximate surface area is 155 Å². The number of hydrogen-bond donors (Lipinski definition) is 1. The normalized spacial score (nSPS) is 10.3. The average molecular weight is 357 g/mol. The van der Waals surface area contributed by atoms with Crippen molar-refractivity contribution in [3.05, 3.63) is 47.8 Å². The van der Waals surface area contributed by atoms with Crippen molar-refractivity contribution in [2.24, 2.45) is 0 Å². The predicted molar refractivity (Wildman–Crippen MR) is 103 cm³/mol. The van der Waals surface area contributed by atoms with Crippen molar-refractivity contribution in [1.29, 1.82) is 0 Å². The number of amides is 1. The number of benzene rings is 1. The number of pyridine rings is 1. The van der Waals surface area contributed by atoms with Gasteiger partial charge >= 0.3 is 0 Å². The Hall–Kier alpha value is -2.76. The molecule has 1 aromatic heterocycles. The zero-order valence-electron chi connectivity index (χ0n) is 15.9. The van der Waals surface area contributed by atoms with Crippen LogP contribution in [0.4, 0.5) is 5.69 Å². The summed E-state index contributed by atoms with van der Waals surface area (Å²) in [6.07, 6.45) is 4.08. The standard InChI is InChI=1S/C20H27N3O3/c1-5-23(6-2)17-12-16(13-21-14-17)20(24)22-10-9-15-7-8-18(25-3)19(11-15)26-4/h7-8,11-14H,5-6,9-10H2,1-4H3,(H,22,24). The molecule has 6 nitrogen and oxygen atoms in total. The summed E-state index contributed by atoms with van der Waals surface area (Å²) in [7, 11) is 3.22. The van der Waals surface area contributed by atoms with Gasteiger partial charge in [-0.1, -0.05) is 6.07 Å². The fourth-order valence-electron chi connectivity index (χ4n) is 2.77. The molecule has 0 saturated heterocycles. The summed E-state index contributed by atoms with van der Waals surface area (Å²) in [5.74, 6) is 1.26. The summed E-state index contributed by atoms with van der Waals surface area (Å²) in [5.41, 5.74) is 2.60. The molecule has 0 spiro atoms. The smallest absolute Gasteiger partial charge is 0.252 e. The predicted octanol–water partition coefficient (Wildman–Crippen LogP) is 2.92. The summed E-state index contributed by atoms with van der Waals surface area (Å²) in [4.78, 5) is 18.8. The third-order valence-electron chi connectivity index (χ3n) is 4.26. The van der Waals surface area contributed by atoms with Crippen LogP contribution in [0.5, 0.6) is 11.5 Å². The van der Waals surface area contributed by atoms with Crippen molar-refractivity contribution in [2.45, 2.75) is 20.3 Å². The fraction of sp³-hybridized carbons (Fsp3) is 0.400. The highest BCUT2D eigenvalue weighted by Crippen LogP contribution is 2.27. The van der Waals surface area contributed by atoms with E-state index < -0.39 is 0 Å². The molecule has 0 unspecified atom stereocenters. The molecule has 2 rings (SSSR count).